The van der Waals surface area contributed by atoms with Crippen LogP contribution in [0.2, 0.25) is 0 Å². The zero-order chi connectivity index (χ0) is 20.6. The highest BCUT2D eigenvalue weighted by Gasteiger charge is 2.24. The summed E-state index contributed by atoms with van der Waals surface area (Å²) in [6.45, 7) is 14.4. The molecule has 1 amide bonds. The molecule has 156 valence electrons. The second-order valence-electron chi connectivity index (χ2n) is 6.78. The number of amides is 1. The minimum absolute atomic E-state index is 0.0645. The number of likely N-dealkylation sites (tertiary alicyclic amines) is 1. The molecule has 0 spiro atoms. The Balaban J connectivity index is 0. The van der Waals surface area contributed by atoms with Crippen molar-refractivity contribution in [1.82, 2.24) is 10.2 Å². The van der Waals surface area contributed by atoms with E-state index < -0.39 is 0 Å². The first-order chi connectivity index (χ1) is 12.2. The Morgan fingerprint density at radius 2 is 1.88 bits per heavy atom. The van der Waals surface area contributed by atoms with Crippen LogP contribution in [0.25, 0.3) is 0 Å². The number of nitrogens with one attached hydrogen (secondary N) is 1. The Morgan fingerprint density at radius 3 is 2.23 bits per heavy atom. The van der Waals surface area contributed by atoms with Crippen molar-refractivity contribution < 1.29 is 18.5 Å². The van der Waals surface area contributed by atoms with Crippen LogP contribution in [0.4, 0.5) is 0 Å². The van der Waals surface area contributed by atoms with Crippen LogP contribution >= 0.6 is 30.4 Å². The van der Waals surface area contributed by atoms with Crippen molar-refractivity contribution in [2.45, 2.75) is 72.4 Å². The Hall–Kier alpha value is -0.0600. The maximum absolute atomic E-state index is 11.9. The Kier molecular flexibility index (Phi) is 18.5. The number of carbonyl (C=O) groups excluding carboxylic acids is 2. The van der Waals surface area contributed by atoms with Gasteiger partial charge in [0.15, 0.2) is 0 Å². The van der Waals surface area contributed by atoms with Crippen LogP contribution in [-0.4, -0.2) is 55.7 Å². The molecule has 0 saturated carbocycles. The molecule has 1 aliphatic rings. The molecule has 1 saturated heterocycles. The summed E-state index contributed by atoms with van der Waals surface area (Å²) in [5, 5.41) is 3.00. The zero-order valence-electron chi connectivity index (χ0n) is 17.3. The topological polar surface area (TPSA) is 67.9 Å². The van der Waals surface area contributed by atoms with E-state index in [2.05, 4.69) is 31.3 Å². The lowest BCUT2D eigenvalue weighted by Gasteiger charge is -2.33. The molecule has 0 aromatic carbocycles. The standard InChI is InChI=1S/C11H21IN2O2S.C5H10O2.C2H6/c1-9(13-2)11(15)14-6-3-10(4-7-14)5-8-16-17-12;1-5(2,3)7-4-6;1-2/h9-10,13H,3-8H2,1-2H3;4H,1-3H3;1-2H3/t9-;;/m0../s1. The Labute approximate surface area is 176 Å². The number of likely N-dealkylation sites (N-methyl/N-ethyl adjacent to an activating group) is 1. The molecule has 1 N–H and O–H groups in total. The molecule has 0 aliphatic carbocycles. The molecule has 1 fully saturated rings. The summed E-state index contributed by atoms with van der Waals surface area (Å²) >= 11 is 2.14. The first-order valence-corrected chi connectivity index (χ1v) is 12.5. The number of rotatable bonds is 7. The van der Waals surface area contributed by atoms with Gasteiger partial charge in [-0.25, -0.2) is 0 Å². The molecule has 1 aliphatic heterocycles. The quantitative estimate of drug-likeness (QED) is 0.242. The van der Waals surface area contributed by atoms with Gasteiger partial charge in [0.2, 0.25) is 5.91 Å². The van der Waals surface area contributed by atoms with Crippen LogP contribution in [0.15, 0.2) is 0 Å². The monoisotopic (exact) mass is 504 g/mol. The summed E-state index contributed by atoms with van der Waals surface area (Å²) in [4.78, 5) is 23.5. The molecular formula is C18H37IN2O4S. The van der Waals surface area contributed by atoms with Gasteiger partial charge < -0.3 is 19.1 Å². The van der Waals surface area contributed by atoms with Crippen molar-refractivity contribution in [1.29, 1.82) is 0 Å². The highest BCUT2D eigenvalue weighted by Crippen LogP contribution is 2.22. The third-order valence-electron chi connectivity index (χ3n) is 3.79. The molecule has 0 radical (unpaired) electrons. The van der Waals surface area contributed by atoms with Gasteiger partial charge in [0.1, 0.15) is 5.60 Å². The van der Waals surface area contributed by atoms with Crippen molar-refractivity contribution in [3.63, 3.8) is 0 Å². The Bertz CT molecular complexity index is 360. The second-order valence-corrected chi connectivity index (χ2v) is 8.22. The largest absolute Gasteiger partial charge is 0.462 e. The zero-order valence-corrected chi connectivity index (χ0v) is 20.3. The van der Waals surface area contributed by atoms with Gasteiger partial charge in [0, 0.05) is 34.3 Å². The SMILES string of the molecule is CC.CC(C)(C)OC=O.CN[C@@H](C)C(=O)N1CCC(CCOSI)CC1. The normalized spacial score (nSPS) is 15.8. The van der Waals surface area contributed by atoms with Gasteiger partial charge in [-0.15, -0.1) is 0 Å². The molecule has 6 nitrogen and oxygen atoms in total. The predicted molar refractivity (Wildman–Crippen MR) is 118 cm³/mol. The van der Waals surface area contributed by atoms with E-state index in [9.17, 15) is 9.59 Å². The number of carbonyl (C=O) groups is 2. The van der Waals surface area contributed by atoms with Crippen LogP contribution in [-0.2, 0) is 18.5 Å². The molecule has 1 atom stereocenters. The van der Waals surface area contributed by atoms with Crippen molar-refractivity contribution in [2.24, 2.45) is 5.92 Å². The van der Waals surface area contributed by atoms with Gasteiger partial charge in [-0.3, -0.25) is 9.59 Å². The molecule has 8 heteroatoms. The van der Waals surface area contributed by atoms with Crippen LogP contribution in [0.5, 0.6) is 0 Å². The molecule has 0 aromatic heterocycles. The lowest BCUT2D eigenvalue weighted by atomic mass is 9.93. The second kappa shape index (κ2) is 17.1. The lowest BCUT2D eigenvalue weighted by Crippen LogP contribution is -2.47. The fourth-order valence-electron chi connectivity index (χ4n) is 2.23. The summed E-state index contributed by atoms with van der Waals surface area (Å²) in [6, 6.07) is -0.0645. The van der Waals surface area contributed by atoms with Crippen molar-refractivity contribution >= 4 is 42.8 Å². The first-order valence-electron chi connectivity index (χ1n) is 9.22. The van der Waals surface area contributed by atoms with Crippen LogP contribution < -0.4 is 5.32 Å². The van der Waals surface area contributed by atoms with Gasteiger partial charge in [0.05, 0.1) is 21.9 Å². The van der Waals surface area contributed by atoms with E-state index in [1.807, 2.05) is 53.5 Å². The van der Waals surface area contributed by atoms with Crippen molar-refractivity contribution in [3.8, 4) is 0 Å². The number of hydrogen-bond acceptors (Lipinski definition) is 6. The molecule has 1 rings (SSSR count). The van der Waals surface area contributed by atoms with E-state index in [4.69, 9.17) is 4.18 Å². The predicted octanol–water partition coefficient (Wildman–Crippen LogP) is 4.22. The smallest absolute Gasteiger partial charge is 0.293 e. The number of hydrogen-bond donors (Lipinski definition) is 1. The highest BCUT2D eigenvalue weighted by atomic mass is 127. The average Bonchev–Trinajstić information content (AvgIpc) is 2.62. The van der Waals surface area contributed by atoms with Crippen molar-refractivity contribution in [3.05, 3.63) is 0 Å². The number of halogens is 1. The minimum Gasteiger partial charge on any atom is -0.462 e. The van der Waals surface area contributed by atoms with E-state index in [1.165, 1.54) is 9.21 Å². The number of ether oxygens (including phenoxy) is 1. The lowest BCUT2D eigenvalue weighted by molar-refractivity contribution is -0.138. The molecule has 0 unspecified atom stereocenters. The van der Waals surface area contributed by atoms with E-state index in [1.54, 1.807) is 0 Å². The summed E-state index contributed by atoms with van der Waals surface area (Å²) in [7, 11) is 3.23. The average molecular weight is 504 g/mol. The third-order valence-corrected chi connectivity index (χ3v) is 4.80. The minimum atomic E-state index is -0.318. The van der Waals surface area contributed by atoms with Gasteiger partial charge >= 0.3 is 0 Å². The van der Waals surface area contributed by atoms with Crippen LogP contribution in [0.3, 0.4) is 0 Å². The number of piperidine rings is 1. The maximum Gasteiger partial charge on any atom is 0.293 e. The molecular weight excluding hydrogens is 467 g/mol. The van der Waals surface area contributed by atoms with E-state index >= 15 is 0 Å². The Morgan fingerprint density at radius 1 is 1.35 bits per heavy atom. The first kappa shape index (κ1) is 28.2. The number of nitrogens with zero attached hydrogens (tertiary/aromatic N) is 1. The van der Waals surface area contributed by atoms with Crippen LogP contribution in [0.1, 0.15) is 60.8 Å². The summed E-state index contributed by atoms with van der Waals surface area (Å²) in [5.74, 6) is 0.942. The van der Waals surface area contributed by atoms with E-state index in [-0.39, 0.29) is 17.6 Å². The van der Waals surface area contributed by atoms with Crippen molar-refractivity contribution in [2.75, 3.05) is 26.7 Å². The third kappa shape index (κ3) is 15.0. The van der Waals surface area contributed by atoms with Gasteiger partial charge in [-0.1, -0.05) is 13.8 Å². The van der Waals surface area contributed by atoms with E-state index in [0.29, 0.717) is 12.4 Å². The fraction of sp³-hybridized carbons (Fsp3) is 0.889. The summed E-state index contributed by atoms with van der Waals surface area (Å²) in [6.07, 6.45) is 3.33. The molecule has 0 bridgehead atoms. The maximum atomic E-state index is 11.9. The van der Waals surface area contributed by atoms with E-state index in [0.717, 1.165) is 39.0 Å². The summed E-state index contributed by atoms with van der Waals surface area (Å²) < 4.78 is 9.83. The fourth-order valence-corrected chi connectivity index (χ4v) is 2.93. The van der Waals surface area contributed by atoms with Crippen LogP contribution in [0, 0.1) is 5.92 Å². The molecule has 26 heavy (non-hydrogen) atoms. The summed E-state index contributed by atoms with van der Waals surface area (Å²) in [5.41, 5.74) is -0.318. The van der Waals surface area contributed by atoms with Gasteiger partial charge in [-0.05, 0) is 59.9 Å². The molecule has 1 heterocycles. The van der Waals surface area contributed by atoms with Gasteiger partial charge in [0.25, 0.3) is 6.47 Å². The highest BCUT2D eigenvalue weighted by molar-refractivity contribution is 14.2. The van der Waals surface area contributed by atoms with Gasteiger partial charge in [-0.2, -0.15) is 0 Å². The molecule has 0 aromatic rings.